The summed E-state index contributed by atoms with van der Waals surface area (Å²) in [6.07, 6.45) is 5.00. The Labute approximate surface area is 158 Å². The quantitative estimate of drug-likeness (QED) is 0.804. The first-order valence-corrected chi connectivity index (χ1v) is 9.56. The molecule has 1 amide bonds. The summed E-state index contributed by atoms with van der Waals surface area (Å²) in [5.41, 5.74) is 0.956. The zero-order chi connectivity index (χ0) is 18.9. The number of carbonyl (C=O) groups is 1. The molecule has 0 unspecified atom stereocenters. The van der Waals surface area contributed by atoms with Crippen LogP contribution in [0, 0.1) is 6.92 Å². The lowest BCUT2D eigenvalue weighted by atomic mass is 9.84. The van der Waals surface area contributed by atoms with Crippen molar-refractivity contribution in [3.8, 4) is 5.88 Å². The Hall–Kier alpha value is -2.41. The molecular formula is C20H25N3O4. The SMILES string of the molecule is CCCc1onc(C)c1C(=O)N1CC2(C[C@@H](Oc3ccccn3)CCO2)C1. The highest BCUT2D eigenvalue weighted by atomic mass is 16.5. The first-order valence-electron chi connectivity index (χ1n) is 9.56. The minimum absolute atomic E-state index is 0.0146. The van der Waals surface area contributed by atoms with Gasteiger partial charge in [-0.1, -0.05) is 18.1 Å². The van der Waals surface area contributed by atoms with Crippen molar-refractivity contribution >= 4 is 5.91 Å². The normalized spacial score (nSPS) is 21.1. The van der Waals surface area contributed by atoms with Gasteiger partial charge in [-0.25, -0.2) is 4.98 Å². The van der Waals surface area contributed by atoms with Gasteiger partial charge in [0.1, 0.15) is 23.0 Å². The Balaban J connectivity index is 1.39. The smallest absolute Gasteiger partial charge is 0.259 e. The number of aryl methyl sites for hydroxylation is 2. The van der Waals surface area contributed by atoms with Crippen molar-refractivity contribution in [3.05, 3.63) is 41.4 Å². The second-order valence-corrected chi connectivity index (χ2v) is 7.41. The average Bonchev–Trinajstić information content (AvgIpc) is 3.01. The zero-order valence-corrected chi connectivity index (χ0v) is 15.8. The van der Waals surface area contributed by atoms with Crippen LogP contribution in [0.15, 0.2) is 28.9 Å². The molecule has 4 heterocycles. The maximum absolute atomic E-state index is 12.9. The first kappa shape index (κ1) is 18.0. The van der Waals surface area contributed by atoms with E-state index in [1.54, 1.807) is 6.20 Å². The van der Waals surface area contributed by atoms with Crippen LogP contribution in [0.3, 0.4) is 0 Å². The Bertz CT molecular complexity index is 799. The number of aromatic nitrogens is 2. The van der Waals surface area contributed by atoms with Gasteiger partial charge in [-0.3, -0.25) is 4.79 Å². The van der Waals surface area contributed by atoms with Crippen molar-refractivity contribution in [2.75, 3.05) is 19.7 Å². The summed E-state index contributed by atoms with van der Waals surface area (Å²) in [4.78, 5) is 19.0. The lowest BCUT2D eigenvalue weighted by Gasteiger charge is -2.52. The molecule has 0 radical (unpaired) electrons. The molecule has 2 aromatic heterocycles. The van der Waals surface area contributed by atoms with Crippen LogP contribution >= 0.6 is 0 Å². The Morgan fingerprint density at radius 3 is 3.00 bits per heavy atom. The molecule has 2 aromatic rings. The van der Waals surface area contributed by atoms with Gasteiger partial charge in [0.25, 0.3) is 5.91 Å². The number of hydrogen-bond donors (Lipinski definition) is 0. The van der Waals surface area contributed by atoms with Crippen LogP contribution in [0.1, 0.15) is 48.0 Å². The molecule has 2 saturated heterocycles. The van der Waals surface area contributed by atoms with E-state index in [2.05, 4.69) is 17.1 Å². The molecule has 0 N–H and O–H groups in total. The van der Waals surface area contributed by atoms with Crippen molar-refractivity contribution in [1.29, 1.82) is 0 Å². The van der Waals surface area contributed by atoms with Gasteiger partial charge in [0.15, 0.2) is 0 Å². The molecule has 0 aliphatic carbocycles. The molecule has 7 nitrogen and oxygen atoms in total. The van der Waals surface area contributed by atoms with Crippen LogP contribution in [-0.2, 0) is 11.2 Å². The van der Waals surface area contributed by atoms with Gasteiger partial charge >= 0.3 is 0 Å². The lowest BCUT2D eigenvalue weighted by molar-refractivity contribution is -0.174. The van der Waals surface area contributed by atoms with E-state index in [-0.39, 0.29) is 17.6 Å². The van der Waals surface area contributed by atoms with E-state index >= 15 is 0 Å². The van der Waals surface area contributed by atoms with E-state index in [1.165, 1.54) is 0 Å². The number of nitrogens with zero attached hydrogens (tertiary/aromatic N) is 3. The lowest BCUT2D eigenvalue weighted by Crippen LogP contribution is -2.67. The summed E-state index contributed by atoms with van der Waals surface area (Å²) in [6, 6.07) is 5.65. The van der Waals surface area contributed by atoms with Crippen molar-refractivity contribution in [2.45, 2.75) is 51.2 Å². The highest BCUT2D eigenvalue weighted by Crippen LogP contribution is 2.36. The van der Waals surface area contributed by atoms with Gasteiger partial charge in [0.2, 0.25) is 5.88 Å². The van der Waals surface area contributed by atoms with E-state index in [0.29, 0.717) is 42.6 Å². The molecule has 1 atom stereocenters. The molecule has 0 bridgehead atoms. The van der Waals surface area contributed by atoms with Crippen molar-refractivity contribution in [2.24, 2.45) is 0 Å². The summed E-state index contributed by atoms with van der Waals surface area (Å²) < 4.78 is 17.4. The first-order chi connectivity index (χ1) is 13.1. The van der Waals surface area contributed by atoms with Crippen molar-refractivity contribution in [3.63, 3.8) is 0 Å². The maximum Gasteiger partial charge on any atom is 0.259 e. The van der Waals surface area contributed by atoms with Crippen LogP contribution in [-0.4, -0.2) is 52.3 Å². The molecule has 2 aliphatic heterocycles. The molecule has 2 aliphatic rings. The summed E-state index contributed by atoms with van der Waals surface area (Å²) in [5.74, 6) is 1.30. The third-order valence-corrected chi connectivity index (χ3v) is 5.24. The van der Waals surface area contributed by atoms with Crippen LogP contribution < -0.4 is 4.74 Å². The number of ether oxygens (including phenoxy) is 2. The van der Waals surface area contributed by atoms with Gasteiger partial charge in [-0.15, -0.1) is 0 Å². The summed E-state index contributed by atoms with van der Waals surface area (Å²) in [7, 11) is 0. The van der Waals surface area contributed by atoms with Crippen LogP contribution in [0.4, 0.5) is 0 Å². The van der Waals surface area contributed by atoms with Crippen molar-refractivity contribution < 1.29 is 18.8 Å². The molecule has 7 heteroatoms. The number of amides is 1. The molecular weight excluding hydrogens is 346 g/mol. The fourth-order valence-electron chi connectivity index (χ4n) is 3.93. The minimum Gasteiger partial charge on any atom is -0.474 e. The monoisotopic (exact) mass is 371 g/mol. The molecule has 144 valence electrons. The highest BCUT2D eigenvalue weighted by molar-refractivity contribution is 5.96. The van der Waals surface area contributed by atoms with E-state index in [1.807, 2.05) is 30.0 Å². The summed E-state index contributed by atoms with van der Waals surface area (Å²) >= 11 is 0. The van der Waals surface area contributed by atoms with Crippen LogP contribution in [0.2, 0.25) is 0 Å². The van der Waals surface area contributed by atoms with E-state index in [4.69, 9.17) is 14.0 Å². The van der Waals surface area contributed by atoms with Crippen LogP contribution in [0.5, 0.6) is 5.88 Å². The topological polar surface area (TPSA) is 77.7 Å². The number of hydrogen-bond acceptors (Lipinski definition) is 6. The van der Waals surface area contributed by atoms with E-state index in [9.17, 15) is 4.79 Å². The van der Waals surface area contributed by atoms with Gasteiger partial charge in [0, 0.05) is 31.5 Å². The highest BCUT2D eigenvalue weighted by Gasteiger charge is 2.50. The van der Waals surface area contributed by atoms with Gasteiger partial charge in [-0.05, 0) is 19.4 Å². The number of likely N-dealkylation sites (tertiary alicyclic amines) is 1. The summed E-state index contributed by atoms with van der Waals surface area (Å²) in [6.45, 7) is 5.66. The number of pyridine rings is 1. The molecule has 27 heavy (non-hydrogen) atoms. The molecule has 0 saturated carbocycles. The molecule has 2 fully saturated rings. The second kappa shape index (κ2) is 7.31. The Kier molecular flexibility index (Phi) is 4.86. The average molecular weight is 371 g/mol. The fraction of sp³-hybridized carbons (Fsp3) is 0.550. The molecule has 4 rings (SSSR count). The predicted octanol–water partition coefficient (Wildman–Crippen LogP) is 2.78. The molecule has 0 aromatic carbocycles. The largest absolute Gasteiger partial charge is 0.474 e. The summed E-state index contributed by atoms with van der Waals surface area (Å²) in [5, 5.41) is 3.98. The van der Waals surface area contributed by atoms with Crippen molar-refractivity contribution in [1.82, 2.24) is 15.0 Å². The fourth-order valence-corrected chi connectivity index (χ4v) is 3.93. The molecule has 1 spiro atoms. The number of carbonyl (C=O) groups excluding carboxylic acids is 1. The second-order valence-electron chi connectivity index (χ2n) is 7.41. The van der Waals surface area contributed by atoms with Gasteiger partial charge in [0.05, 0.1) is 25.4 Å². The third kappa shape index (κ3) is 3.56. The number of rotatable bonds is 5. The predicted molar refractivity (Wildman–Crippen MR) is 97.7 cm³/mol. The van der Waals surface area contributed by atoms with Crippen LogP contribution in [0.25, 0.3) is 0 Å². The Morgan fingerprint density at radius 1 is 1.41 bits per heavy atom. The third-order valence-electron chi connectivity index (χ3n) is 5.24. The maximum atomic E-state index is 12.9. The minimum atomic E-state index is -0.316. The van der Waals surface area contributed by atoms with E-state index < -0.39 is 0 Å². The van der Waals surface area contributed by atoms with E-state index in [0.717, 1.165) is 25.7 Å². The van der Waals surface area contributed by atoms with Gasteiger partial charge in [-0.2, -0.15) is 0 Å². The standard InChI is InChI=1S/C20H25N3O4/c1-3-6-16-18(14(2)22-27-16)19(24)23-12-20(13-23)11-15(8-10-25-20)26-17-7-4-5-9-21-17/h4-5,7,9,15H,3,6,8,10-13H2,1-2H3/t15-/m0/s1. The van der Waals surface area contributed by atoms with Gasteiger partial charge < -0.3 is 18.9 Å². The Morgan fingerprint density at radius 2 is 2.26 bits per heavy atom. The zero-order valence-electron chi connectivity index (χ0n) is 15.8.